The largest absolute Gasteiger partial charge is 0.494 e. The second kappa shape index (κ2) is 9.89. The van der Waals surface area contributed by atoms with E-state index in [1.807, 2.05) is 18.3 Å². The maximum atomic E-state index is 12.0. The highest BCUT2D eigenvalue weighted by atomic mass is 35.5. The molecule has 3 rings (SSSR count). The number of halogens is 1. The zero-order chi connectivity index (χ0) is 20.6. The quantitative estimate of drug-likeness (QED) is 0.423. The number of benzene rings is 2. The number of hydrogen-bond acceptors (Lipinski definition) is 4. The van der Waals surface area contributed by atoms with Crippen LogP contribution in [0.15, 0.2) is 60.9 Å². The lowest BCUT2D eigenvalue weighted by Crippen LogP contribution is -2.22. The first kappa shape index (κ1) is 20.6. The van der Waals surface area contributed by atoms with Gasteiger partial charge < -0.3 is 10.1 Å². The summed E-state index contributed by atoms with van der Waals surface area (Å²) in [6.07, 6.45) is 4.53. The average molecular weight is 412 g/mol. The van der Waals surface area contributed by atoms with Gasteiger partial charge in [0.25, 0.3) is 0 Å². The molecule has 7 heteroatoms. The SMILES string of the molecule is CC(=O)c1cccc(OCCCC(=O)NCc2cnn(-c3ccc(Cl)cc3)c2)c1. The fourth-order valence-electron chi connectivity index (χ4n) is 2.70. The molecule has 0 aliphatic heterocycles. The van der Waals surface area contributed by atoms with Gasteiger partial charge in [-0.2, -0.15) is 5.10 Å². The Morgan fingerprint density at radius 3 is 2.72 bits per heavy atom. The van der Waals surface area contributed by atoms with Crippen LogP contribution in [0.1, 0.15) is 35.7 Å². The van der Waals surface area contributed by atoms with Crippen LogP contribution in [-0.4, -0.2) is 28.1 Å². The summed E-state index contributed by atoms with van der Waals surface area (Å²) >= 11 is 5.90. The van der Waals surface area contributed by atoms with E-state index in [1.54, 1.807) is 47.3 Å². The Balaban J connectivity index is 1.39. The lowest BCUT2D eigenvalue weighted by molar-refractivity contribution is -0.121. The first-order valence-corrected chi connectivity index (χ1v) is 9.69. The van der Waals surface area contributed by atoms with Crippen LogP contribution >= 0.6 is 11.6 Å². The Morgan fingerprint density at radius 1 is 1.17 bits per heavy atom. The van der Waals surface area contributed by atoms with E-state index in [2.05, 4.69) is 10.4 Å². The molecule has 0 atom stereocenters. The van der Waals surface area contributed by atoms with Crippen molar-refractivity contribution in [2.45, 2.75) is 26.3 Å². The van der Waals surface area contributed by atoms with Gasteiger partial charge in [0.05, 0.1) is 18.5 Å². The number of rotatable bonds is 9. The first-order valence-electron chi connectivity index (χ1n) is 9.31. The molecule has 0 aliphatic rings. The lowest BCUT2D eigenvalue weighted by atomic mass is 10.1. The predicted octanol–water partition coefficient (Wildman–Crippen LogP) is 4.20. The van der Waals surface area contributed by atoms with Gasteiger partial charge in [0, 0.05) is 35.3 Å². The molecular weight excluding hydrogens is 390 g/mol. The number of hydrogen-bond donors (Lipinski definition) is 1. The second-order valence-corrected chi connectivity index (χ2v) is 7.02. The van der Waals surface area contributed by atoms with Crippen molar-refractivity contribution in [3.63, 3.8) is 0 Å². The van der Waals surface area contributed by atoms with Crippen LogP contribution in [0.4, 0.5) is 0 Å². The molecule has 1 heterocycles. The van der Waals surface area contributed by atoms with Gasteiger partial charge in [0.1, 0.15) is 5.75 Å². The van der Waals surface area contributed by atoms with Gasteiger partial charge in [-0.1, -0.05) is 23.7 Å². The van der Waals surface area contributed by atoms with Crippen molar-refractivity contribution in [2.24, 2.45) is 0 Å². The predicted molar refractivity (Wildman–Crippen MR) is 112 cm³/mol. The summed E-state index contributed by atoms with van der Waals surface area (Å²) in [7, 11) is 0. The van der Waals surface area contributed by atoms with Crippen molar-refractivity contribution in [1.29, 1.82) is 0 Å². The van der Waals surface area contributed by atoms with Gasteiger partial charge >= 0.3 is 0 Å². The molecule has 1 aromatic heterocycles. The fourth-order valence-corrected chi connectivity index (χ4v) is 2.83. The van der Waals surface area contributed by atoms with Crippen molar-refractivity contribution >= 4 is 23.3 Å². The second-order valence-electron chi connectivity index (χ2n) is 6.58. The zero-order valence-electron chi connectivity index (χ0n) is 16.1. The average Bonchev–Trinajstić information content (AvgIpc) is 3.19. The van der Waals surface area contributed by atoms with E-state index < -0.39 is 0 Å². The van der Waals surface area contributed by atoms with Gasteiger partial charge in [-0.05, 0) is 49.7 Å². The first-order chi connectivity index (χ1) is 14.0. The number of nitrogens with zero attached hydrogens (tertiary/aromatic N) is 2. The molecule has 6 nitrogen and oxygen atoms in total. The van der Waals surface area contributed by atoms with E-state index in [9.17, 15) is 9.59 Å². The monoisotopic (exact) mass is 411 g/mol. The van der Waals surface area contributed by atoms with Crippen LogP contribution in [0.3, 0.4) is 0 Å². The summed E-state index contributed by atoms with van der Waals surface area (Å²) in [4.78, 5) is 23.4. The molecule has 150 valence electrons. The molecule has 0 radical (unpaired) electrons. The van der Waals surface area contributed by atoms with E-state index in [-0.39, 0.29) is 11.7 Å². The Hall–Kier alpha value is -3.12. The highest BCUT2D eigenvalue weighted by molar-refractivity contribution is 6.30. The number of amides is 1. The molecule has 0 aliphatic carbocycles. The number of ether oxygens (including phenoxy) is 1. The van der Waals surface area contributed by atoms with Crippen molar-refractivity contribution in [3.05, 3.63) is 77.1 Å². The summed E-state index contributed by atoms with van der Waals surface area (Å²) < 4.78 is 7.35. The lowest BCUT2D eigenvalue weighted by Gasteiger charge is -2.07. The highest BCUT2D eigenvalue weighted by Crippen LogP contribution is 2.15. The molecule has 29 heavy (non-hydrogen) atoms. The number of carbonyl (C=O) groups excluding carboxylic acids is 2. The van der Waals surface area contributed by atoms with Crippen LogP contribution < -0.4 is 10.1 Å². The molecule has 2 aromatic carbocycles. The Bertz CT molecular complexity index is 983. The van der Waals surface area contributed by atoms with E-state index in [0.717, 1.165) is 11.3 Å². The maximum absolute atomic E-state index is 12.0. The van der Waals surface area contributed by atoms with Crippen LogP contribution in [0.2, 0.25) is 5.02 Å². The molecule has 0 saturated carbocycles. The number of Topliss-reactive ketones (excluding diaryl/α,β-unsaturated/α-hetero) is 1. The van der Waals surface area contributed by atoms with Gasteiger partial charge in [0.15, 0.2) is 5.78 Å². The van der Waals surface area contributed by atoms with Crippen LogP contribution in [-0.2, 0) is 11.3 Å². The van der Waals surface area contributed by atoms with Gasteiger partial charge in [-0.15, -0.1) is 0 Å². The summed E-state index contributed by atoms with van der Waals surface area (Å²) in [6, 6.07) is 14.4. The summed E-state index contributed by atoms with van der Waals surface area (Å²) in [6.45, 7) is 2.33. The van der Waals surface area contributed by atoms with Crippen LogP contribution in [0.25, 0.3) is 5.69 Å². The molecule has 0 unspecified atom stereocenters. The molecule has 3 aromatic rings. The Kier molecular flexibility index (Phi) is 7.03. The van der Waals surface area contributed by atoms with Crippen molar-refractivity contribution in [1.82, 2.24) is 15.1 Å². The molecule has 1 N–H and O–H groups in total. The highest BCUT2D eigenvalue weighted by Gasteiger charge is 2.06. The van der Waals surface area contributed by atoms with E-state index in [4.69, 9.17) is 16.3 Å². The van der Waals surface area contributed by atoms with E-state index >= 15 is 0 Å². The number of carbonyl (C=O) groups is 2. The van der Waals surface area contributed by atoms with Gasteiger partial charge in [0.2, 0.25) is 5.91 Å². The maximum Gasteiger partial charge on any atom is 0.220 e. The zero-order valence-corrected chi connectivity index (χ0v) is 16.9. The number of nitrogens with one attached hydrogen (secondary N) is 1. The summed E-state index contributed by atoms with van der Waals surface area (Å²) in [5, 5.41) is 7.85. The molecular formula is C22H22ClN3O3. The van der Waals surface area contributed by atoms with Crippen LogP contribution in [0, 0.1) is 0 Å². The minimum Gasteiger partial charge on any atom is -0.494 e. The summed E-state index contributed by atoms with van der Waals surface area (Å²) in [5.41, 5.74) is 2.42. The minimum absolute atomic E-state index is 0.00536. The topological polar surface area (TPSA) is 73.2 Å². The van der Waals surface area contributed by atoms with Crippen LogP contribution in [0.5, 0.6) is 5.75 Å². The molecule has 0 spiro atoms. The molecule has 0 bridgehead atoms. The Labute approximate surface area is 174 Å². The van der Waals surface area contributed by atoms with Crippen molar-refractivity contribution in [2.75, 3.05) is 6.61 Å². The van der Waals surface area contributed by atoms with Crippen molar-refractivity contribution < 1.29 is 14.3 Å². The standard InChI is InChI=1S/C22H22ClN3O3/c1-16(27)18-4-2-5-21(12-18)29-11-3-6-22(28)24-13-17-14-25-26(15-17)20-9-7-19(23)8-10-20/h2,4-5,7-10,12,14-15H,3,6,11,13H2,1H3,(H,24,28). The van der Waals surface area contributed by atoms with Gasteiger partial charge in [-0.25, -0.2) is 4.68 Å². The third-order valence-electron chi connectivity index (χ3n) is 4.27. The number of aromatic nitrogens is 2. The van der Waals surface area contributed by atoms with E-state index in [0.29, 0.717) is 42.3 Å². The minimum atomic E-state index is -0.0506. The normalized spacial score (nSPS) is 10.6. The Morgan fingerprint density at radius 2 is 1.97 bits per heavy atom. The molecule has 0 fully saturated rings. The van der Waals surface area contributed by atoms with Gasteiger partial charge in [-0.3, -0.25) is 9.59 Å². The smallest absolute Gasteiger partial charge is 0.220 e. The van der Waals surface area contributed by atoms with Crippen molar-refractivity contribution in [3.8, 4) is 11.4 Å². The molecule has 1 amide bonds. The number of ketones is 1. The third kappa shape index (κ3) is 6.19. The van der Waals surface area contributed by atoms with E-state index in [1.165, 1.54) is 6.92 Å². The summed E-state index contributed by atoms with van der Waals surface area (Å²) in [5.74, 6) is 0.576. The fraction of sp³-hybridized carbons (Fsp3) is 0.227. The third-order valence-corrected chi connectivity index (χ3v) is 4.53. The molecule has 0 saturated heterocycles.